The van der Waals surface area contributed by atoms with Gasteiger partial charge in [-0.2, -0.15) is 0 Å². The Hall–Kier alpha value is -1.23. The van der Waals surface area contributed by atoms with Crippen LogP contribution < -0.4 is 0 Å². The zero-order chi connectivity index (χ0) is 15.4. The predicted octanol–water partition coefficient (Wildman–Crippen LogP) is 3.86. The summed E-state index contributed by atoms with van der Waals surface area (Å²) in [6.07, 6.45) is 6.66. The SMILES string of the molecule is Cc1ccc(-c2ncc(CN(CCCCO)C3CC3)s2)cc1. The third-order valence-electron chi connectivity index (χ3n) is 4.13. The molecule has 3 rings (SSSR count). The van der Waals surface area contributed by atoms with Crippen LogP contribution in [0.5, 0.6) is 0 Å². The van der Waals surface area contributed by atoms with Gasteiger partial charge >= 0.3 is 0 Å². The van der Waals surface area contributed by atoms with Crippen LogP contribution in [-0.2, 0) is 6.54 Å². The Morgan fingerprint density at radius 2 is 2.00 bits per heavy atom. The lowest BCUT2D eigenvalue weighted by Gasteiger charge is -2.20. The third kappa shape index (κ3) is 4.15. The maximum Gasteiger partial charge on any atom is 0.123 e. The molecular weight excluding hydrogens is 292 g/mol. The van der Waals surface area contributed by atoms with Gasteiger partial charge in [0.15, 0.2) is 0 Å². The van der Waals surface area contributed by atoms with E-state index in [4.69, 9.17) is 5.11 Å². The number of aliphatic hydroxyl groups excluding tert-OH is 1. The monoisotopic (exact) mass is 316 g/mol. The number of thiazole rings is 1. The van der Waals surface area contributed by atoms with Crippen molar-refractivity contribution < 1.29 is 5.11 Å². The van der Waals surface area contributed by atoms with Gasteiger partial charge in [0.1, 0.15) is 5.01 Å². The van der Waals surface area contributed by atoms with E-state index < -0.39 is 0 Å². The maximum absolute atomic E-state index is 8.95. The number of nitrogens with zero attached hydrogens (tertiary/aromatic N) is 2. The van der Waals surface area contributed by atoms with Crippen molar-refractivity contribution in [2.45, 2.75) is 45.2 Å². The van der Waals surface area contributed by atoms with Gasteiger partial charge in [-0.05, 0) is 39.2 Å². The minimum Gasteiger partial charge on any atom is -0.396 e. The van der Waals surface area contributed by atoms with E-state index in [-0.39, 0.29) is 0 Å². The van der Waals surface area contributed by atoms with Crippen LogP contribution in [0.1, 0.15) is 36.1 Å². The molecule has 0 unspecified atom stereocenters. The normalized spacial score (nSPS) is 14.7. The Morgan fingerprint density at radius 3 is 2.68 bits per heavy atom. The zero-order valence-corrected chi connectivity index (χ0v) is 14.0. The summed E-state index contributed by atoms with van der Waals surface area (Å²) in [6.45, 7) is 4.50. The molecule has 2 aromatic rings. The summed E-state index contributed by atoms with van der Waals surface area (Å²) in [7, 11) is 0. The van der Waals surface area contributed by atoms with Gasteiger partial charge in [0.25, 0.3) is 0 Å². The smallest absolute Gasteiger partial charge is 0.123 e. The fraction of sp³-hybridized carbons (Fsp3) is 0.500. The third-order valence-corrected chi connectivity index (χ3v) is 5.16. The topological polar surface area (TPSA) is 36.4 Å². The highest BCUT2D eigenvalue weighted by molar-refractivity contribution is 7.15. The van der Waals surface area contributed by atoms with Gasteiger partial charge in [0.05, 0.1) is 0 Å². The number of unbranched alkanes of at least 4 members (excludes halogenated alkanes) is 1. The first-order chi connectivity index (χ1) is 10.8. The Kier molecular flexibility index (Phi) is 5.24. The van der Waals surface area contributed by atoms with E-state index in [1.54, 1.807) is 11.3 Å². The van der Waals surface area contributed by atoms with Crippen molar-refractivity contribution >= 4 is 11.3 Å². The molecule has 0 radical (unpaired) electrons. The number of aryl methyl sites for hydroxylation is 1. The average Bonchev–Trinajstić information content (AvgIpc) is 3.27. The van der Waals surface area contributed by atoms with Crippen LogP contribution in [-0.4, -0.2) is 34.2 Å². The van der Waals surface area contributed by atoms with Gasteiger partial charge in [-0.15, -0.1) is 11.3 Å². The Bertz CT molecular complexity index is 589. The van der Waals surface area contributed by atoms with Gasteiger partial charge in [-0.3, -0.25) is 4.90 Å². The minimum absolute atomic E-state index is 0.302. The number of hydrogen-bond acceptors (Lipinski definition) is 4. The summed E-state index contributed by atoms with van der Waals surface area (Å²) in [4.78, 5) is 8.49. The van der Waals surface area contributed by atoms with Crippen LogP contribution in [0.25, 0.3) is 10.6 Å². The summed E-state index contributed by atoms with van der Waals surface area (Å²) in [5.74, 6) is 0. The molecule has 1 N–H and O–H groups in total. The van der Waals surface area contributed by atoms with Crippen molar-refractivity contribution in [3.63, 3.8) is 0 Å². The zero-order valence-electron chi connectivity index (χ0n) is 13.2. The van der Waals surface area contributed by atoms with E-state index in [1.165, 1.54) is 28.8 Å². The van der Waals surface area contributed by atoms with Crippen molar-refractivity contribution in [2.75, 3.05) is 13.2 Å². The first kappa shape index (κ1) is 15.7. The highest BCUT2D eigenvalue weighted by Gasteiger charge is 2.28. The average molecular weight is 316 g/mol. The van der Waals surface area contributed by atoms with Crippen LogP contribution >= 0.6 is 11.3 Å². The quantitative estimate of drug-likeness (QED) is 0.751. The van der Waals surface area contributed by atoms with E-state index >= 15 is 0 Å². The Labute approximate surface area is 136 Å². The lowest BCUT2D eigenvalue weighted by Crippen LogP contribution is -2.26. The standard InChI is InChI=1S/C18H24N2OS/c1-14-4-6-15(7-5-14)18-19-12-17(22-18)13-20(16-8-9-16)10-2-3-11-21/h4-7,12,16,21H,2-3,8-11,13H2,1H3. The van der Waals surface area contributed by atoms with Crippen LogP contribution in [0.3, 0.4) is 0 Å². The van der Waals surface area contributed by atoms with Crippen molar-refractivity contribution in [3.8, 4) is 10.6 Å². The van der Waals surface area contributed by atoms with Gasteiger partial charge in [-0.25, -0.2) is 4.98 Å². The molecule has 0 saturated heterocycles. The fourth-order valence-electron chi connectivity index (χ4n) is 2.67. The maximum atomic E-state index is 8.95. The molecule has 1 saturated carbocycles. The van der Waals surface area contributed by atoms with E-state index in [1.807, 2.05) is 6.20 Å². The minimum atomic E-state index is 0.302. The highest BCUT2D eigenvalue weighted by Crippen LogP contribution is 2.31. The van der Waals surface area contributed by atoms with E-state index in [9.17, 15) is 0 Å². The van der Waals surface area contributed by atoms with Crippen LogP contribution in [0.2, 0.25) is 0 Å². The molecule has 3 nitrogen and oxygen atoms in total. The molecule has 118 valence electrons. The van der Waals surface area contributed by atoms with Crippen LogP contribution in [0.4, 0.5) is 0 Å². The van der Waals surface area contributed by atoms with Gasteiger partial charge in [0, 0.05) is 35.8 Å². The summed E-state index contributed by atoms with van der Waals surface area (Å²) in [5, 5.41) is 10.1. The molecule has 1 aliphatic carbocycles. The summed E-state index contributed by atoms with van der Waals surface area (Å²) < 4.78 is 0. The van der Waals surface area contributed by atoms with E-state index in [2.05, 4.69) is 41.1 Å². The van der Waals surface area contributed by atoms with Crippen molar-refractivity contribution in [1.29, 1.82) is 0 Å². The predicted molar refractivity (Wildman–Crippen MR) is 92.0 cm³/mol. The van der Waals surface area contributed by atoms with Gasteiger partial charge in [0.2, 0.25) is 0 Å². The van der Waals surface area contributed by atoms with Gasteiger partial charge in [-0.1, -0.05) is 29.8 Å². The molecule has 0 atom stereocenters. The Morgan fingerprint density at radius 1 is 1.23 bits per heavy atom. The summed E-state index contributed by atoms with van der Waals surface area (Å²) in [6, 6.07) is 9.34. The van der Waals surface area contributed by atoms with Crippen LogP contribution in [0.15, 0.2) is 30.5 Å². The number of benzene rings is 1. The molecule has 1 heterocycles. The first-order valence-electron chi connectivity index (χ1n) is 8.13. The van der Waals surface area contributed by atoms with Crippen LogP contribution in [0, 0.1) is 6.92 Å². The molecule has 4 heteroatoms. The number of rotatable bonds is 8. The molecule has 0 aliphatic heterocycles. The second-order valence-electron chi connectivity index (χ2n) is 6.13. The summed E-state index contributed by atoms with van der Waals surface area (Å²) >= 11 is 1.80. The Balaban J connectivity index is 1.63. The number of hydrogen-bond donors (Lipinski definition) is 1. The van der Waals surface area contributed by atoms with Crippen molar-refractivity contribution in [2.24, 2.45) is 0 Å². The van der Waals surface area contributed by atoms with Crippen molar-refractivity contribution in [1.82, 2.24) is 9.88 Å². The fourth-order valence-corrected chi connectivity index (χ4v) is 3.61. The first-order valence-corrected chi connectivity index (χ1v) is 8.94. The number of aliphatic hydroxyl groups is 1. The van der Waals surface area contributed by atoms with Gasteiger partial charge < -0.3 is 5.11 Å². The molecule has 1 aliphatic rings. The molecular formula is C18H24N2OS. The molecule has 0 spiro atoms. The molecule has 1 aromatic heterocycles. The lowest BCUT2D eigenvalue weighted by atomic mass is 10.2. The van der Waals surface area contributed by atoms with Crippen molar-refractivity contribution in [3.05, 3.63) is 40.9 Å². The van der Waals surface area contributed by atoms with E-state index in [0.29, 0.717) is 6.61 Å². The largest absolute Gasteiger partial charge is 0.396 e. The highest BCUT2D eigenvalue weighted by atomic mass is 32.1. The molecule has 0 amide bonds. The molecule has 22 heavy (non-hydrogen) atoms. The second-order valence-corrected chi connectivity index (χ2v) is 7.25. The molecule has 1 fully saturated rings. The van der Waals surface area contributed by atoms with E-state index in [0.717, 1.165) is 37.0 Å². The number of aromatic nitrogens is 1. The lowest BCUT2D eigenvalue weighted by molar-refractivity contribution is 0.230. The summed E-state index contributed by atoms with van der Waals surface area (Å²) in [5.41, 5.74) is 2.49. The second kappa shape index (κ2) is 7.36. The molecule has 0 bridgehead atoms. The molecule has 1 aromatic carbocycles.